The van der Waals surface area contributed by atoms with Gasteiger partial charge in [-0.25, -0.2) is 4.79 Å². The van der Waals surface area contributed by atoms with Crippen molar-refractivity contribution in [2.75, 3.05) is 6.61 Å². The van der Waals surface area contributed by atoms with Crippen LogP contribution in [0.3, 0.4) is 0 Å². The van der Waals surface area contributed by atoms with Crippen molar-refractivity contribution in [3.63, 3.8) is 0 Å². The fourth-order valence-corrected chi connectivity index (χ4v) is 4.32. The molecular weight excluding hydrogens is 406 g/mol. The van der Waals surface area contributed by atoms with Crippen molar-refractivity contribution >= 4 is 22.6 Å². The van der Waals surface area contributed by atoms with Crippen LogP contribution in [0.1, 0.15) is 43.6 Å². The number of carbonyl (C=O) groups is 2. The standard InChI is InChI=1S/C25H27N3O4/c1-16-9-8-14-21(17(16)2)26-22(29)15-32-25(31)23-19-12-6-7-13-20(19)24(30)28(27-23)18-10-4-3-5-11-18/h3-7,10-13,16-17,21H,8-9,14-15H2,1-2H3,(H,26,29)/t16-,17+,21+/m1/s1. The van der Waals surface area contributed by atoms with Crippen LogP contribution >= 0.6 is 0 Å². The van der Waals surface area contributed by atoms with Crippen molar-refractivity contribution in [1.29, 1.82) is 0 Å². The number of para-hydroxylation sites is 1. The summed E-state index contributed by atoms with van der Waals surface area (Å²) in [5.74, 6) is -0.147. The van der Waals surface area contributed by atoms with Crippen LogP contribution in [-0.2, 0) is 9.53 Å². The molecule has 3 atom stereocenters. The summed E-state index contributed by atoms with van der Waals surface area (Å²) in [6.07, 6.45) is 3.17. The van der Waals surface area contributed by atoms with Gasteiger partial charge in [-0.15, -0.1) is 0 Å². The van der Waals surface area contributed by atoms with Gasteiger partial charge in [-0.05, 0) is 36.5 Å². The summed E-state index contributed by atoms with van der Waals surface area (Å²) in [6.45, 7) is 3.95. The Morgan fingerprint density at radius 3 is 2.47 bits per heavy atom. The lowest BCUT2D eigenvalue weighted by molar-refractivity contribution is -0.125. The van der Waals surface area contributed by atoms with E-state index in [2.05, 4.69) is 24.3 Å². The lowest BCUT2D eigenvalue weighted by Gasteiger charge is -2.34. The second-order valence-electron chi connectivity index (χ2n) is 8.46. The Morgan fingerprint density at radius 1 is 1.03 bits per heavy atom. The SMILES string of the molecule is C[C@H]1[C@H](C)CCC[C@@H]1NC(=O)COC(=O)c1nn(-c2ccccc2)c(=O)c2ccccc12. The minimum absolute atomic E-state index is 0.00323. The fraction of sp³-hybridized carbons (Fsp3) is 0.360. The fourth-order valence-electron chi connectivity index (χ4n) is 4.32. The van der Waals surface area contributed by atoms with E-state index in [0.29, 0.717) is 28.3 Å². The Morgan fingerprint density at radius 2 is 1.72 bits per heavy atom. The topological polar surface area (TPSA) is 90.3 Å². The maximum atomic E-state index is 12.9. The zero-order valence-corrected chi connectivity index (χ0v) is 18.3. The first-order chi connectivity index (χ1) is 15.5. The van der Waals surface area contributed by atoms with Crippen LogP contribution in [0, 0.1) is 11.8 Å². The molecule has 1 aliphatic carbocycles. The first kappa shape index (κ1) is 21.7. The third-order valence-electron chi connectivity index (χ3n) is 6.39. The minimum Gasteiger partial charge on any atom is -0.451 e. The highest BCUT2D eigenvalue weighted by Crippen LogP contribution is 2.29. The zero-order valence-electron chi connectivity index (χ0n) is 18.3. The molecule has 1 N–H and O–H groups in total. The lowest BCUT2D eigenvalue weighted by atomic mass is 9.78. The molecule has 0 spiro atoms. The van der Waals surface area contributed by atoms with Crippen LogP contribution in [0.4, 0.5) is 0 Å². The number of nitrogens with one attached hydrogen (secondary N) is 1. The molecule has 1 fully saturated rings. The van der Waals surface area contributed by atoms with E-state index >= 15 is 0 Å². The normalized spacial score (nSPS) is 20.6. The third-order valence-corrected chi connectivity index (χ3v) is 6.39. The van der Waals surface area contributed by atoms with E-state index < -0.39 is 12.6 Å². The summed E-state index contributed by atoms with van der Waals surface area (Å²) >= 11 is 0. The number of aromatic nitrogens is 2. The maximum absolute atomic E-state index is 12.9. The number of amides is 1. The van der Waals surface area contributed by atoms with E-state index in [1.165, 1.54) is 11.1 Å². The van der Waals surface area contributed by atoms with Gasteiger partial charge >= 0.3 is 5.97 Å². The van der Waals surface area contributed by atoms with Crippen molar-refractivity contribution < 1.29 is 14.3 Å². The van der Waals surface area contributed by atoms with E-state index in [0.717, 1.165) is 12.8 Å². The molecule has 7 heteroatoms. The lowest BCUT2D eigenvalue weighted by Crippen LogP contribution is -2.45. The van der Waals surface area contributed by atoms with Crippen LogP contribution in [0.25, 0.3) is 16.5 Å². The van der Waals surface area contributed by atoms with Gasteiger partial charge < -0.3 is 10.1 Å². The van der Waals surface area contributed by atoms with E-state index in [1.807, 2.05) is 6.07 Å². The summed E-state index contributed by atoms with van der Waals surface area (Å²) in [5.41, 5.74) is 0.202. The summed E-state index contributed by atoms with van der Waals surface area (Å²) < 4.78 is 6.49. The molecule has 0 saturated heterocycles. The number of esters is 1. The Bertz CT molecular complexity index is 1190. The molecule has 1 saturated carbocycles. The summed E-state index contributed by atoms with van der Waals surface area (Å²) in [5, 5.41) is 8.03. The zero-order chi connectivity index (χ0) is 22.7. The average Bonchev–Trinajstić information content (AvgIpc) is 2.81. The van der Waals surface area contributed by atoms with Crippen LogP contribution in [0.5, 0.6) is 0 Å². The molecule has 4 rings (SSSR count). The molecule has 1 aromatic heterocycles. The van der Waals surface area contributed by atoms with Crippen LogP contribution in [-0.4, -0.2) is 34.3 Å². The first-order valence-corrected chi connectivity index (χ1v) is 11.0. The van der Waals surface area contributed by atoms with Gasteiger partial charge in [0.05, 0.1) is 11.1 Å². The number of ether oxygens (including phenoxy) is 1. The van der Waals surface area contributed by atoms with Gasteiger partial charge in [0, 0.05) is 11.4 Å². The van der Waals surface area contributed by atoms with Crippen molar-refractivity contribution in [1.82, 2.24) is 15.1 Å². The van der Waals surface area contributed by atoms with Gasteiger partial charge in [0.15, 0.2) is 12.3 Å². The molecular formula is C25H27N3O4. The number of nitrogens with zero attached hydrogens (tertiary/aromatic N) is 2. The van der Waals surface area contributed by atoms with Gasteiger partial charge in [-0.1, -0.05) is 63.1 Å². The molecule has 1 amide bonds. The maximum Gasteiger partial charge on any atom is 0.359 e. The number of carbonyl (C=O) groups excluding carboxylic acids is 2. The van der Waals surface area contributed by atoms with Crippen molar-refractivity contribution in [3.05, 3.63) is 70.6 Å². The highest BCUT2D eigenvalue weighted by Gasteiger charge is 2.28. The average molecular weight is 434 g/mol. The number of rotatable bonds is 5. The Labute approximate surface area is 186 Å². The summed E-state index contributed by atoms with van der Waals surface area (Å²) in [4.78, 5) is 38.3. The monoisotopic (exact) mass is 433 g/mol. The minimum atomic E-state index is -0.744. The molecule has 7 nitrogen and oxygen atoms in total. The molecule has 1 aliphatic rings. The molecule has 0 aliphatic heterocycles. The van der Waals surface area contributed by atoms with Gasteiger partial charge in [-0.3, -0.25) is 9.59 Å². The van der Waals surface area contributed by atoms with Crippen LogP contribution in [0.15, 0.2) is 59.4 Å². The van der Waals surface area contributed by atoms with Gasteiger partial charge in [-0.2, -0.15) is 9.78 Å². The quantitative estimate of drug-likeness (QED) is 0.622. The molecule has 0 unspecified atom stereocenters. The molecule has 0 bridgehead atoms. The molecule has 0 radical (unpaired) electrons. The molecule has 32 heavy (non-hydrogen) atoms. The number of hydrogen-bond acceptors (Lipinski definition) is 5. The third kappa shape index (κ3) is 4.42. The first-order valence-electron chi connectivity index (χ1n) is 11.0. The summed E-state index contributed by atoms with van der Waals surface area (Å²) in [7, 11) is 0. The van der Waals surface area contributed by atoms with E-state index in [-0.39, 0.29) is 23.2 Å². The highest BCUT2D eigenvalue weighted by molar-refractivity contribution is 6.02. The Kier molecular flexibility index (Phi) is 6.35. The van der Waals surface area contributed by atoms with Gasteiger partial charge in [0.2, 0.25) is 0 Å². The predicted molar refractivity (Wildman–Crippen MR) is 122 cm³/mol. The molecule has 166 valence electrons. The predicted octanol–water partition coefficient (Wildman–Crippen LogP) is 3.48. The van der Waals surface area contributed by atoms with E-state index in [9.17, 15) is 14.4 Å². The number of hydrogen-bond donors (Lipinski definition) is 1. The van der Waals surface area contributed by atoms with Crippen molar-refractivity contribution in [2.45, 2.75) is 39.2 Å². The molecule has 2 aromatic carbocycles. The van der Waals surface area contributed by atoms with Gasteiger partial charge in [0.1, 0.15) is 0 Å². The smallest absolute Gasteiger partial charge is 0.359 e. The number of benzene rings is 2. The Balaban J connectivity index is 1.55. The second kappa shape index (κ2) is 9.34. The van der Waals surface area contributed by atoms with E-state index in [1.54, 1.807) is 48.5 Å². The molecule has 3 aromatic rings. The van der Waals surface area contributed by atoms with Crippen molar-refractivity contribution in [2.24, 2.45) is 11.8 Å². The Hall–Kier alpha value is -3.48. The van der Waals surface area contributed by atoms with E-state index in [4.69, 9.17) is 4.74 Å². The highest BCUT2D eigenvalue weighted by atomic mass is 16.5. The van der Waals surface area contributed by atoms with Gasteiger partial charge in [0.25, 0.3) is 11.5 Å². The summed E-state index contributed by atoms with van der Waals surface area (Å²) in [6, 6.07) is 15.7. The number of fused-ring (bicyclic) bond motifs is 1. The van der Waals surface area contributed by atoms with Crippen molar-refractivity contribution in [3.8, 4) is 5.69 Å². The molecule has 1 heterocycles. The largest absolute Gasteiger partial charge is 0.451 e. The van der Waals surface area contributed by atoms with Crippen LogP contribution < -0.4 is 10.9 Å². The van der Waals surface area contributed by atoms with Crippen LogP contribution in [0.2, 0.25) is 0 Å². The second-order valence-corrected chi connectivity index (χ2v) is 8.46.